The van der Waals surface area contributed by atoms with Crippen LogP contribution in [0.5, 0.6) is 0 Å². The van der Waals surface area contributed by atoms with Gasteiger partial charge in [0.15, 0.2) is 5.78 Å². The van der Waals surface area contributed by atoms with Crippen LogP contribution >= 0.6 is 11.8 Å². The van der Waals surface area contributed by atoms with Crippen molar-refractivity contribution in [2.24, 2.45) is 5.92 Å². The predicted octanol–water partition coefficient (Wildman–Crippen LogP) is 3.25. The van der Waals surface area contributed by atoms with E-state index in [1.165, 1.54) is 0 Å². The van der Waals surface area contributed by atoms with E-state index < -0.39 is 0 Å². The van der Waals surface area contributed by atoms with E-state index in [9.17, 15) is 4.79 Å². The molecule has 0 N–H and O–H groups in total. The van der Waals surface area contributed by atoms with Crippen LogP contribution in [0, 0.1) is 5.92 Å². The minimum absolute atomic E-state index is 0.0771. The maximum absolute atomic E-state index is 11.7. The Hall–Kier alpha value is -0.760. The third-order valence-corrected chi connectivity index (χ3v) is 2.69. The molecule has 1 aromatic rings. The third kappa shape index (κ3) is 2.34. The molecule has 0 aliphatic heterocycles. The fraction of sp³-hybridized carbons (Fsp3) is 0.364. The van der Waals surface area contributed by atoms with Crippen molar-refractivity contribution in [1.29, 1.82) is 0 Å². The van der Waals surface area contributed by atoms with Gasteiger partial charge in [-0.2, -0.15) is 0 Å². The second-order valence-corrected chi connectivity index (χ2v) is 4.07. The maximum Gasteiger partial charge on any atom is 0.166 e. The molecule has 70 valence electrons. The van der Waals surface area contributed by atoms with Gasteiger partial charge in [-0.15, -0.1) is 11.8 Å². The van der Waals surface area contributed by atoms with Crippen LogP contribution in [-0.4, -0.2) is 12.0 Å². The molecule has 2 heteroatoms. The molecule has 0 saturated heterocycles. The van der Waals surface area contributed by atoms with Gasteiger partial charge in [-0.3, -0.25) is 4.79 Å². The average molecular weight is 194 g/mol. The number of benzene rings is 1. The number of hydrogen-bond acceptors (Lipinski definition) is 2. The first-order chi connectivity index (χ1) is 6.16. The van der Waals surface area contributed by atoms with Crippen molar-refractivity contribution < 1.29 is 4.79 Å². The summed E-state index contributed by atoms with van der Waals surface area (Å²) in [5.74, 6) is 0.304. The molecule has 0 fully saturated rings. The number of hydrogen-bond donors (Lipinski definition) is 0. The molecule has 0 aromatic heterocycles. The first-order valence-corrected chi connectivity index (χ1v) is 5.56. The highest BCUT2D eigenvalue weighted by molar-refractivity contribution is 7.98. The number of carbonyl (C=O) groups is 1. The van der Waals surface area contributed by atoms with Crippen molar-refractivity contribution in [3.05, 3.63) is 29.8 Å². The van der Waals surface area contributed by atoms with Gasteiger partial charge in [-0.1, -0.05) is 32.0 Å². The number of carbonyl (C=O) groups excluding carboxylic acids is 1. The monoisotopic (exact) mass is 194 g/mol. The summed E-state index contributed by atoms with van der Waals surface area (Å²) in [4.78, 5) is 12.8. The van der Waals surface area contributed by atoms with E-state index in [4.69, 9.17) is 0 Å². The van der Waals surface area contributed by atoms with Crippen LogP contribution in [-0.2, 0) is 0 Å². The fourth-order valence-corrected chi connectivity index (χ4v) is 1.76. The zero-order valence-electron chi connectivity index (χ0n) is 8.20. The minimum atomic E-state index is 0.0771. The van der Waals surface area contributed by atoms with Gasteiger partial charge in [0.1, 0.15) is 0 Å². The largest absolute Gasteiger partial charge is 0.294 e. The van der Waals surface area contributed by atoms with Gasteiger partial charge < -0.3 is 0 Å². The quantitative estimate of drug-likeness (QED) is 0.542. The molecule has 0 aliphatic rings. The Morgan fingerprint density at radius 1 is 1.31 bits per heavy atom. The van der Waals surface area contributed by atoms with E-state index in [1.54, 1.807) is 11.8 Å². The van der Waals surface area contributed by atoms with E-state index in [1.807, 2.05) is 44.4 Å². The molecule has 1 rings (SSSR count). The molecular weight excluding hydrogens is 180 g/mol. The molecule has 0 radical (unpaired) electrons. The van der Waals surface area contributed by atoms with E-state index in [-0.39, 0.29) is 11.7 Å². The lowest BCUT2D eigenvalue weighted by Gasteiger charge is -2.07. The fourth-order valence-electron chi connectivity index (χ4n) is 1.16. The molecule has 1 nitrogen and oxygen atoms in total. The summed E-state index contributed by atoms with van der Waals surface area (Å²) >= 11 is 1.62. The number of Topliss-reactive ketones (excluding diaryl/α,β-unsaturated/α-hetero) is 1. The van der Waals surface area contributed by atoms with Gasteiger partial charge >= 0.3 is 0 Å². The van der Waals surface area contributed by atoms with Gasteiger partial charge in [0.05, 0.1) is 0 Å². The van der Waals surface area contributed by atoms with E-state index in [0.717, 1.165) is 10.5 Å². The summed E-state index contributed by atoms with van der Waals surface area (Å²) in [5, 5.41) is 0. The molecule has 1 aromatic carbocycles. The molecule has 0 heterocycles. The van der Waals surface area contributed by atoms with Gasteiger partial charge in [-0.25, -0.2) is 0 Å². The molecule has 0 unspecified atom stereocenters. The highest BCUT2D eigenvalue weighted by Crippen LogP contribution is 2.22. The molecular formula is C11H14OS. The average Bonchev–Trinajstić information content (AvgIpc) is 2.16. The Bertz CT molecular complexity index is 305. The third-order valence-electron chi connectivity index (χ3n) is 1.90. The smallest absolute Gasteiger partial charge is 0.166 e. The van der Waals surface area contributed by atoms with Crippen LogP contribution in [0.4, 0.5) is 0 Å². The second-order valence-electron chi connectivity index (χ2n) is 3.22. The zero-order valence-corrected chi connectivity index (χ0v) is 9.02. The molecule has 0 saturated carbocycles. The Morgan fingerprint density at radius 3 is 2.46 bits per heavy atom. The highest BCUT2D eigenvalue weighted by Gasteiger charge is 2.13. The summed E-state index contributed by atoms with van der Waals surface area (Å²) in [7, 11) is 0. The van der Waals surface area contributed by atoms with Crippen molar-refractivity contribution in [3.8, 4) is 0 Å². The number of rotatable bonds is 3. The first kappa shape index (κ1) is 10.3. The van der Waals surface area contributed by atoms with Crippen molar-refractivity contribution in [2.45, 2.75) is 18.7 Å². The summed E-state index contributed by atoms with van der Waals surface area (Å²) in [6, 6.07) is 7.76. The summed E-state index contributed by atoms with van der Waals surface area (Å²) in [5.41, 5.74) is 0.852. The van der Waals surface area contributed by atoms with E-state index in [0.29, 0.717) is 0 Å². The molecule has 0 amide bonds. The van der Waals surface area contributed by atoms with Crippen molar-refractivity contribution in [1.82, 2.24) is 0 Å². The Labute approximate surface area is 83.5 Å². The molecule has 0 aliphatic carbocycles. The van der Waals surface area contributed by atoms with Gasteiger partial charge in [0.25, 0.3) is 0 Å². The van der Waals surface area contributed by atoms with Gasteiger partial charge in [-0.05, 0) is 12.3 Å². The normalized spacial score (nSPS) is 10.5. The lowest BCUT2D eigenvalue weighted by molar-refractivity contribution is 0.0936. The van der Waals surface area contributed by atoms with E-state index >= 15 is 0 Å². The Balaban J connectivity index is 3.06. The van der Waals surface area contributed by atoms with E-state index in [2.05, 4.69) is 0 Å². The van der Waals surface area contributed by atoms with Crippen LogP contribution in [0.25, 0.3) is 0 Å². The summed E-state index contributed by atoms with van der Waals surface area (Å²) in [6.45, 7) is 3.86. The van der Waals surface area contributed by atoms with Crippen LogP contribution < -0.4 is 0 Å². The highest BCUT2D eigenvalue weighted by atomic mass is 32.2. The standard InChI is InChI=1S/C11H14OS/c1-8(2)11(12)9-6-4-5-7-10(9)13-3/h4-8H,1-3H3. The van der Waals surface area contributed by atoms with Crippen LogP contribution in [0.2, 0.25) is 0 Å². The van der Waals surface area contributed by atoms with Crippen molar-refractivity contribution in [3.63, 3.8) is 0 Å². The predicted molar refractivity (Wildman–Crippen MR) is 57.4 cm³/mol. The topological polar surface area (TPSA) is 17.1 Å². The van der Waals surface area contributed by atoms with Crippen LogP contribution in [0.3, 0.4) is 0 Å². The minimum Gasteiger partial charge on any atom is -0.294 e. The molecule has 0 atom stereocenters. The van der Waals surface area contributed by atoms with Crippen molar-refractivity contribution in [2.75, 3.05) is 6.26 Å². The number of thioether (sulfide) groups is 1. The Kier molecular flexibility index (Phi) is 3.55. The van der Waals surface area contributed by atoms with Gasteiger partial charge in [0.2, 0.25) is 0 Å². The Morgan fingerprint density at radius 2 is 1.92 bits per heavy atom. The summed E-state index contributed by atoms with van der Waals surface area (Å²) < 4.78 is 0. The molecule has 0 bridgehead atoms. The SMILES string of the molecule is CSc1ccccc1C(=O)C(C)C. The number of ketones is 1. The van der Waals surface area contributed by atoms with Crippen LogP contribution in [0.1, 0.15) is 24.2 Å². The molecule has 0 spiro atoms. The molecule has 13 heavy (non-hydrogen) atoms. The van der Waals surface area contributed by atoms with Gasteiger partial charge in [0, 0.05) is 16.4 Å². The second kappa shape index (κ2) is 4.47. The first-order valence-electron chi connectivity index (χ1n) is 4.34. The zero-order chi connectivity index (χ0) is 9.84. The van der Waals surface area contributed by atoms with Crippen molar-refractivity contribution >= 4 is 17.5 Å². The lowest BCUT2D eigenvalue weighted by atomic mass is 10.0. The maximum atomic E-state index is 11.7. The lowest BCUT2D eigenvalue weighted by Crippen LogP contribution is -2.08. The summed E-state index contributed by atoms with van der Waals surface area (Å²) in [6.07, 6.45) is 1.99. The van der Waals surface area contributed by atoms with Crippen LogP contribution in [0.15, 0.2) is 29.2 Å².